The van der Waals surface area contributed by atoms with Gasteiger partial charge in [-0.05, 0) is 122 Å². The minimum atomic E-state index is 0. The van der Waals surface area contributed by atoms with Crippen LogP contribution < -0.4 is 0 Å². The van der Waals surface area contributed by atoms with Crippen LogP contribution in [0, 0.1) is 13.8 Å². The van der Waals surface area contributed by atoms with E-state index in [0.29, 0.717) is 0 Å². The molecule has 194 valence electrons. The molecule has 0 aliphatic carbocycles. The smallest absolute Gasteiger partial charge is 0.0693 e. The fraction of sp³-hybridized carbons (Fsp3) is 0.375. The second-order valence-electron chi connectivity index (χ2n) is 10.1. The van der Waals surface area contributed by atoms with Crippen molar-refractivity contribution in [3.63, 3.8) is 0 Å². The molecular formula is C32H38FeN4. The van der Waals surface area contributed by atoms with E-state index in [0.717, 1.165) is 70.5 Å². The predicted octanol–water partition coefficient (Wildman–Crippen LogP) is 8.74. The van der Waals surface area contributed by atoms with E-state index in [1.807, 2.05) is 0 Å². The summed E-state index contributed by atoms with van der Waals surface area (Å²) in [6.45, 7) is 17.8. The summed E-state index contributed by atoms with van der Waals surface area (Å²) in [6, 6.07) is 8.98. The molecule has 3 aromatic rings. The zero-order valence-corrected chi connectivity index (χ0v) is 24.5. The van der Waals surface area contributed by atoms with Crippen LogP contribution in [0.2, 0.25) is 0 Å². The molecule has 0 fully saturated rings. The summed E-state index contributed by atoms with van der Waals surface area (Å²) >= 11 is 0. The van der Waals surface area contributed by atoms with Gasteiger partial charge in [-0.1, -0.05) is 27.7 Å². The van der Waals surface area contributed by atoms with Crippen LogP contribution in [-0.4, -0.2) is 19.9 Å². The Kier molecular flexibility index (Phi) is 7.69. The first-order valence-corrected chi connectivity index (χ1v) is 13.4. The van der Waals surface area contributed by atoms with Gasteiger partial charge in [0.2, 0.25) is 0 Å². The van der Waals surface area contributed by atoms with Crippen molar-refractivity contribution in [1.82, 2.24) is 19.9 Å². The van der Waals surface area contributed by atoms with Gasteiger partial charge in [0, 0.05) is 39.1 Å². The number of rotatable bonds is 4. The molecular weight excluding hydrogens is 496 g/mol. The van der Waals surface area contributed by atoms with Crippen molar-refractivity contribution in [3.05, 3.63) is 69.3 Å². The SMILES string of the molecule is CCC1=C(C)c2cc3[nH]c(cc4nc(cc5[nH]c(cc1n2)c(C)c5CC)C(CC)=C4C)c(C)c3CC.[Fe]. The van der Waals surface area contributed by atoms with Crippen molar-refractivity contribution in [2.75, 3.05) is 0 Å². The summed E-state index contributed by atoms with van der Waals surface area (Å²) in [5.41, 5.74) is 19.3. The second-order valence-corrected chi connectivity index (χ2v) is 10.1. The number of aryl methyl sites for hydroxylation is 4. The van der Waals surface area contributed by atoms with Crippen LogP contribution in [0.3, 0.4) is 0 Å². The molecule has 5 heteroatoms. The second kappa shape index (κ2) is 10.5. The van der Waals surface area contributed by atoms with E-state index in [1.54, 1.807) is 0 Å². The number of nitrogens with one attached hydrogen (secondary N) is 2. The number of H-pyrrole nitrogens is 2. The summed E-state index contributed by atoms with van der Waals surface area (Å²) < 4.78 is 0. The minimum absolute atomic E-state index is 0. The maximum atomic E-state index is 5.15. The Morgan fingerprint density at radius 1 is 0.514 bits per heavy atom. The van der Waals surface area contributed by atoms with Crippen molar-refractivity contribution in [2.45, 2.75) is 81.1 Å². The first-order valence-electron chi connectivity index (χ1n) is 13.4. The van der Waals surface area contributed by atoms with Gasteiger partial charge in [-0.15, -0.1) is 0 Å². The topological polar surface area (TPSA) is 57.4 Å². The first-order chi connectivity index (χ1) is 17.3. The summed E-state index contributed by atoms with van der Waals surface area (Å²) in [5.74, 6) is 0. The van der Waals surface area contributed by atoms with Crippen molar-refractivity contribution in [3.8, 4) is 0 Å². The molecule has 0 atom stereocenters. The van der Waals surface area contributed by atoms with Gasteiger partial charge in [0.05, 0.1) is 22.8 Å². The van der Waals surface area contributed by atoms with Gasteiger partial charge in [0.1, 0.15) is 0 Å². The third-order valence-electron chi connectivity index (χ3n) is 8.21. The fourth-order valence-corrected chi connectivity index (χ4v) is 6.02. The third-order valence-corrected chi connectivity index (χ3v) is 8.21. The number of nitrogens with zero attached hydrogens (tertiary/aromatic N) is 2. The molecule has 0 spiro atoms. The van der Waals surface area contributed by atoms with Crippen LogP contribution in [0.25, 0.3) is 44.4 Å². The van der Waals surface area contributed by atoms with Crippen molar-refractivity contribution >= 4 is 44.4 Å². The number of hydrogen-bond acceptors (Lipinski definition) is 2. The molecule has 37 heavy (non-hydrogen) atoms. The molecule has 0 aromatic carbocycles. The Bertz CT molecular complexity index is 1610. The molecule has 0 amide bonds. The molecule has 2 N–H and O–H groups in total. The Labute approximate surface area is 231 Å². The molecule has 2 aliphatic rings. The van der Waals surface area contributed by atoms with Crippen LogP contribution in [0.1, 0.15) is 99.4 Å². The maximum absolute atomic E-state index is 5.15. The number of aromatic nitrogens is 4. The number of allylic oxidation sites excluding steroid dienone is 4. The van der Waals surface area contributed by atoms with Gasteiger partial charge in [-0.2, -0.15) is 0 Å². The van der Waals surface area contributed by atoms with Crippen LogP contribution in [-0.2, 0) is 29.9 Å². The molecule has 5 rings (SSSR count). The normalized spacial score (nSPS) is 13.4. The molecule has 8 bridgehead atoms. The molecule has 0 radical (unpaired) electrons. The van der Waals surface area contributed by atoms with Crippen LogP contribution >= 0.6 is 0 Å². The molecule has 2 aliphatic heterocycles. The molecule has 0 unspecified atom stereocenters. The van der Waals surface area contributed by atoms with Gasteiger partial charge in [0.15, 0.2) is 0 Å². The van der Waals surface area contributed by atoms with Gasteiger partial charge >= 0.3 is 0 Å². The van der Waals surface area contributed by atoms with Crippen LogP contribution in [0.15, 0.2) is 24.3 Å². The quantitative estimate of drug-likeness (QED) is 0.329. The van der Waals surface area contributed by atoms with Crippen LogP contribution in [0.4, 0.5) is 0 Å². The van der Waals surface area contributed by atoms with E-state index in [9.17, 15) is 0 Å². The molecule has 0 saturated carbocycles. The van der Waals surface area contributed by atoms with E-state index in [1.165, 1.54) is 44.5 Å². The molecule has 5 heterocycles. The van der Waals surface area contributed by atoms with E-state index in [-0.39, 0.29) is 17.1 Å². The Balaban J connectivity index is 0.00000320. The monoisotopic (exact) mass is 534 g/mol. The number of hydrogen-bond donors (Lipinski definition) is 2. The van der Waals surface area contributed by atoms with E-state index >= 15 is 0 Å². The van der Waals surface area contributed by atoms with Crippen molar-refractivity contribution < 1.29 is 17.1 Å². The zero-order chi connectivity index (χ0) is 25.7. The summed E-state index contributed by atoms with van der Waals surface area (Å²) in [4.78, 5) is 17.7. The first kappa shape index (κ1) is 27.2. The standard InChI is InChI=1S/C32H38N4.Fe/c1-9-21-17(5)25-13-26-18(6)23(11-3)31(34-26)16-32-24(12-4)20(8)28(36-32)15-30-22(10-2)19(7)27(35-30)14-29(21)33-25;/h13-16,33,36H,9-12H2,1-8H3;. The summed E-state index contributed by atoms with van der Waals surface area (Å²) in [5, 5.41) is 0. The van der Waals surface area contributed by atoms with E-state index in [4.69, 9.17) is 9.97 Å². The number of aromatic amines is 2. The zero-order valence-electron chi connectivity index (χ0n) is 23.4. The van der Waals surface area contributed by atoms with Gasteiger partial charge in [0.25, 0.3) is 0 Å². The largest absolute Gasteiger partial charge is 0.355 e. The van der Waals surface area contributed by atoms with Gasteiger partial charge in [-0.25, -0.2) is 9.97 Å². The molecule has 3 aromatic heterocycles. The average Bonchev–Trinajstić information content (AvgIpc) is 3.51. The summed E-state index contributed by atoms with van der Waals surface area (Å²) in [6.07, 6.45) is 3.86. The third kappa shape index (κ3) is 4.43. The Morgan fingerprint density at radius 3 is 1.24 bits per heavy atom. The Morgan fingerprint density at radius 2 is 0.865 bits per heavy atom. The Hall–Kier alpha value is -2.88. The molecule has 0 saturated heterocycles. The minimum Gasteiger partial charge on any atom is -0.355 e. The maximum Gasteiger partial charge on any atom is 0.0693 e. The van der Waals surface area contributed by atoms with Gasteiger partial charge < -0.3 is 9.97 Å². The van der Waals surface area contributed by atoms with E-state index < -0.39 is 0 Å². The number of fused-ring (bicyclic) bond motifs is 8. The molecule has 4 nitrogen and oxygen atoms in total. The van der Waals surface area contributed by atoms with Gasteiger partial charge in [-0.3, -0.25) is 0 Å². The van der Waals surface area contributed by atoms with Crippen molar-refractivity contribution in [2.24, 2.45) is 0 Å². The van der Waals surface area contributed by atoms with E-state index in [2.05, 4.69) is 89.6 Å². The predicted molar refractivity (Wildman–Crippen MR) is 155 cm³/mol. The average molecular weight is 535 g/mol. The summed E-state index contributed by atoms with van der Waals surface area (Å²) in [7, 11) is 0. The fourth-order valence-electron chi connectivity index (χ4n) is 6.02. The van der Waals surface area contributed by atoms with Crippen LogP contribution in [0.5, 0.6) is 0 Å². The van der Waals surface area contributed by atoms with Crippen molar-refractivity contribution in [1.29, 1.82) is 0 Å².